The second kappa shape index (κ2) is 6.18. The van der Waals surface area contributed by atoms with E-state index in [1.54, 1.807) is 12.4 Å². The highest BCUT2D eigenvalue weighted by Crippen LogP contribution is 2.42. The summed E-state index contributed by atoms with van der Waals surface area (Å²) in [5.74, 6) is 0.307. The van der Waals surface area contributed by atoms with Crippen LogP contribution < -0.4 is 0 Å². The van der Waals surface area contributed by atoms with Crippen LogP contribution in [0.1, 0.15) is 44.9 Å². The number of likely N-dealkylation sites (tertiary alicyclic amines) is 2. The summed E-state index contributed by atoms with van der Waals surface area (Å²) < 4.78 is 0. The molecule has 1 aromatic rings. The zero-order valence-corrected chi connectivity index (χ0v) is 14.1. The Labute approximate surface area is 142 Å². The van der Waals surface area contributed by atoms with Crippen molar-refractivity contribution < 1.29 is 9.59 Å². The van der Waals surface area contributed by atoms with Gasteiger partial charge in [0.25, 0.3) is 0 Å². The van der Waals surface area contributed by atoms with Crippen LogP contribution in [0.2, 0.25) is 0 Å². The average molecular weight is 331 g/mol. The fourth-order valence-electron chi connectivity index (χ4n) is 4.68. The van der Waals surface area contributed by atoms with E-state index < -0.39 is 0 Å². The maximum atomic E-state index is 13.2. The van der Waals surface area contributed by atoms with Crippen molar-refractivity contribution in [3.05, 3.63) is 12.4 Å². The van der Waals surface area contributed by atoms with Crippen molar-refractivity contribution in [2.45, 2.75) is 57.5 Å². The van der Waals surface area contributed by atoms with Crippen molar-refractivity contribution in [1.82, 2.24) is 24.8 Å². The third kappa shape index (κ3) is 2.70. The highest BCUT2D eigenvalue weighted by atomic mass is 16.2. The van der Waals surface area contributed by atoms with Crippen LogP contribution in [0.25, 0.3) is 0 Å². The summed E-state index contributed by atoms with van der Waals surface area (Å²) in [6.45, 7) is 2.29. The molecule has 1 aromatic heterocycles. The zero-order chi connectivity index (χ0) is 16.6. The van der Waals surface area contributed by atoms with E-state index in [0.29, 0.717) is 25.0 Å². The van der Waals surface area contributed by atoms with Crippen molar-refractivity contribution >= 4 is 11.8 Å². The van der Waals surface area contributed by atoms with E-state index in [1.807, 2.05) is 4.90 Å². The maximum Gasteiger partial charge on any atom is 0.246 e. The van der Waals surface area contributed by atoms with E-state index in [9.17, 15) is 9.59 Å². The normalized spacial score (nSPS) is 28.2. The maximum absolute atomic E-state index is 13.2. The molecular formula is C17H25N5O2. The summed E-state index contributed by atoms with van der Waals surface area (Å²) in [6, 6.07) is 0.438. The Morgan fingerprint density at radius 2 is 1.88 bits per heavy atom. The minimum atomic E-state index is -0.339. The van der Waals surface area contributed by atoms with Crippen LogP contribution in [0.5, 0.6) is 0 Å². The summed E-state index contributed by atoms with van der Waals surface area (Å²) in [7, 11) is 0. The molecule has 7 heteroatoms. The van der Waals surface area contributed by atoms with Gasteiger partial charge in [-0.05, 0) is 32.1 Å². The number of amides is 2. The highest BCUT2D eigenvalue weighted by Gasteiger charge is 2.50. The van der Waals surface area contributed by atoms with Gasteiger partial charge in [0.1, 0.15) is 6.54 Å². The summed E-state index contributed by atoms with van der Waals surface area (Å²) >= 11 is 0. The van der Waals surface area contributed by atoms with E-state index in [2.05, 4.69) is 15.1 Å². The molecule has 7 nitrogen and oxygen atoms in total. The van der Waals surface area contributed by atoms with Gasteiger partial charge in [-0.1, -0.05) is 12.8 Å². The number of piperidine rings is 1. The predicted octanol–water partition coefficient (Wildman–Crippen LogP) is 1.06. The first-order chi connectivity index (χ1) is 11.7. The summed E-state index contributed by atoms with van der Waals surface area (Å²) in [4.78, 5) is 31.0. The van der Waals surface area contributed by atoms with Crippen molar-refractivity contribution in [1.29, 1.82) is 0 Å². The quantitative estimate of drug-likeness (QED) is 0.830. The van der Waals surface area contributed by atoms with Crippen LogP contribution in [0.15, 0.2) is 12.4 Å². The topological polar surface area (TPSA) is 71.3 Å². The lowest BCUT2D eigenvalue weighted by Crippen LogP contribution is -2.53. The van der Waals surface area contributed by atoms with Gasteiger partial charge in [0.2, 0.25) is 11.8 Å². The van der Waals surface area contributed by atoms with Crippen LogP contribution in [-0.2, 0) is 16.1 Å². The van der Waals surface area contributed by atoms with E-state index in [-0.39, 0.29) is 17.9 Å². The number of carbonyl (C=O) groups is 2. The van der Waals surface area contributed by atoms with Crippen LogP contribution in [0.4, 0.5) is 0 Å². The van der Waals surface area contributed by atoms with Crippen LogP contribution >= 0.6 is 0 Å². The first kappa shape index (κ1) is 15.6. The Bertz CT molecular complexity index is 611. The first-order valence-corrected chi connectivity index (χ1v) is 9.11. The summed E-state index contributed by atoms with van der Waals surface area (Å²) in [5.41, 5.74) is -0.339. The predicted molar refractivity (Wildman–Crippen MR) is 86.9 cm³/mol. The van der Waals surface area contributed by atoms with Gasteiger partial charge in [-0.2, -0.15) is 15.0 Å². The van der Waals surface area contributed by atoms with E-state index >= 15 is 0 Å². The van der Waals surface area contributed by atoms with Crippen molar-refractivity contribution in [2.24, 2.45) is 5.41 Å². The lowest BCUT2D eigenvalue weighted by molar-refractivity contribution is -0.148. The highest BCUT2D eigenvalue weighted by molar-refractivity contribution is 5.86. The molecule has 0 N–H and O–H groups in total. The molecular weight excluding hydrogens is 306 g/mol. The van der Waals surface area contributed by atoms with Gasteiger partial charge in [-0.25, -0.2) is 0 Å². The van der Waals surface area contributed by atoms with Gasteiger partial charge < -0.3 is 9.80 Å². The molecule has 2 aliphatic heterocycles. The summed E-state index contributed by atoms with van der Waals surface area (Å²) in [6.07, 6.45) is 10.7. The SMILES string of the molecule is O=C(Cn1nccn1)N1CCC2(CCCN(C3CCCC3)C2=O)C1. The second-order valence-electron chi connectivity index (χ2n) is 7.45. The van der Waals surface area contributed by atoms with Gasteiger partial charge in [0.05, 0.1) is 17.8 Å². The minimum Gasteiger partial charge on any atom is -0.340 e. The molecule has 4 rings (SSSR count). The molecule has 130 valence electrons. The molecule has 3 heterocycles. The second-order valence-corrected chi connectivity index (χ2v) is 7.45. The third-order valence-corrected chi connectivity index (χ3v) is 5.98. The lowest BCUT2D eigenvalue weighted by atomic mass is 9.77. The van der Waals surface area contributed by atoms with E-state index in [0.717, 1.165) is 38.6 Å². The molecule has 3 fully saturated rings. The Morgan fingerprint density at radius 3 is 2.62 bits per heavy atom. The number of aromatic nitrogens is 3. The monoisotopic (exact) mass is 331 g/mol. The van der Waals surface area contributed by atoms with Crippen LogP contribution in [-0.4, -0.2) is 62.3 Å². The molecule has 0 bridgehead atoms. The molecule has 3 aliphatic rings. The lowest BCUT2D eigenvalue weighted by Gasteiger charge is -2.42. The van der Waals surface area contributed by atoms with Gasteiger partial charge in [0.15, 0.2) is 0 Å². The molecule has 1 aliphatic carbocycles. The Morgan fingerprint density at radius 1 is 1.12 bits per heavy atom. The smallest absolute Gasteiger partial charge is 0.246 e. The Hall–Kier alpha value is -1.92. The Balaban J connectivity index is 1.43. The number of carbonyl (C=O) groups excluding carboxylic acids is 2. The molecule has 2 amide bonds. The number of nitrogens with zero attached hydrogens (tertiary/aromatic N) is 5. The first-order valence-electron chi connectivity index (χ1n) is 9.11. The van der Waals surface area contributed by atoms with E-state index in [1.165, 1.54) is 17.6 Å². The fourth-order valence-corrected chi connectivity index (χ4v) is 4.68. The van der Waals surface area contributed by atoms with Crippen molar-refractivity contribution in [3.8, 4) is 0 Å². The molecule has 1 unspecified atom stereocenters. The molecule has 1 spiro atoms. The Kier molecular flexibility index (Phi) is 4.02. The van der Waals surface area contributed by atoms with Crippen LogP contribution in [0, 0.1) is 5.41 Å². The van der Waals surface area contributed by atoms with Gasteiger partial charge in [0, 0.05) is 25.7 Å². The number of rotatable bonds is 3. The summed E-state index contributed by atoms with van der Waals surface area (Å²) in [5, 5.41) is 7.99. The fraction of sp³-hybridized carbons (Fsp3) is 0.765. The molecule has 1 saturated carbocycles. The molecule has 1 atom stereocenters. The average Bonchev–Trinajstić information content (AvgIpc) is 3.32. The number of hydrogen-bond acceptors (Lipinski definition) is 4. The van der Waals surface area contributed by atoms with Crippen molar-refractivity contribution in [3.63, 3.8) is 0 Å². The molecule has 0 aromatic carbocycles. The van der Waals surface area contributed by atoms with E-state index in [4.69, 9.17) is 0 Å². The van der Waals surface area contributed by atoms with Gasteiger partial charge in [-0.3, -0.25) is 9.59 Å². The molecule has 2 saturated heterocycles. The third-order valence-electron chi connectivity index (χ3n) is 5.98. The molecule has 24 heavy (non-hydrogen) atoms. The van der Waals surface area contributed by atoms with Crippen molar-refractivity contribution in [2.75, 3.05) is 19.6 Å². The van der Waals surface area contributed by atoms with Gasteiger partial charge in [-0.15, -0.1) is 0 Å². The zero-order valence-electron chi connectivity index (χ0n) is 14.1. The largest absolute Gasteiger partial charge is 0.340 e. The number of hydrogen-bond donors (Lipinski definition) is 0. The standard InChI is InChI=1S/C17H25N5O2/c23-15(12-22-18-8-9-19-22)20-11-7-17(13-20)6-3-10-21(16(17)24)14-4-1-2-5-14/h8-9,14H,1-7,10-13H2. The molecule has 0 radical (unpaired) electrons. The minimum absolute atomic E-state index is 0.00821. The van der Waals surface area contributed by atoms with Crippen LogP contribution in [0.3, 0.4) is 0 Å². The van der Waals surface area contributed by atoms with Gasteiger partial charge >= 0.3 is 0 Å².